The van der Waals surface area contributed by atoms with Crippen LogP contribution in [0.3, 0.4) is 0 Å². The van der Waals surface area contributed by atoms with E-state index in [0.717, 1.165) is 58.2 Å². The lowest BCUT2D eigenvalue weighted by Crippen LogP contribution is -2.18. The molecule has 0 amide bonds. The van der Waals surface area contributed by atoms with E-state index in [1.807, 2.05) is 0 Å². The number of allylic oxidation sites excluding steroid dienone is 4. The summed E-state index contributed by atoms with van der Waals surface area (Å²) in [6.07, 6.45) is 24.6. The summed E-state index contributed by atoms with van der Waals surface area (Å²) < 4.78 is 11.7. The molecule has 0 atom stereocenters. The summed E-state index contributed by atoms with van der Waals surface area (Å²) in [7, 11) is 0. The standard InChI is InChI=1S/C21H36O2/c1-4-7-10-12-14-16-19-22-21(18-9-6-3)23-20-17-15-13-11-8-5-2/h3,7-8,10-11,21H,4-5,9,12-20H2,1-2H3/b10-7-,11-8-. The molecule has 0 bridgehead atoms. The smallest absolute Gasteiger partial charge is 0.158 e. The first-order valence-corrected chi connectivity index (χ1v) is 9.31. The molecule has 0 aromatic rings. The highest BCUT2D eigenvalue weighted by Gasteiger charge is 2.08. The monoisotopic (exact) mass is 320 g/mol. The fourth-order valence-electron chi connectivity index (χ4n) is 2.14. The molecular formula is C21H36O2. The molecule has 0 aliphatic heterocycles. The van der Waals surface area contributed by atoms with E-state index >= 15 is 0 Å². The van der Waals surface area contributed by atoms with Crippen LogP contribution in [0, 0.1) is 12.3 Å². The quantitative estimate of drug-likeness (QED) is 0.149. The van der Waals surface area contributed by atoms with Crippen LogP contribution in [-0.4, -0.2) is 19.5 Å². The third-order valence-electron chi connectivity index (χ3n) is 3.47. The second-order valence-electron chi connectivity index (χ2n) is 5.66. The molecule has 2 nitrogen and oxygen atoms in total. The Morgan fingerprint density at radius 1 is 0.826 bits per heavy atom. The fraction of sp³-hybridized carbons (Fsp3) is 0.714. The van der Waals surface area contributed by atoms with Crippen molar-refractivity contribution in [2.75, 3.05) is 13.2 Å². The molecule has 0 radical (unpaired) electrons. The topological polar surface area (TPSA) is 18.5 Å². The van der Waals surface area contributed by atoms with Gasteiger partial charge in [-0.15, -0.1) is 12.3 Å². The molecule has 0 rings (SSSR count). The summed E-state index contributed by atoms with van der Waals surface area (Å²) in [5.74, 6) is 2.67. The van der Waals surface area contributed by atoms with Crippen LogP contribution in [0.25, 0.3) is 0 Å². The summed E-state index contributed by atoms with van der Waals surface area (Å²) >= 11 is 0. The lowest BCUT2D eigenvalue weighted by atomic mass is 10.2. The summed E-state index contributed by atoms with van der Waals surface area (Å²) in [6.45, 7) is 5.84. The van der Waals surface area contributed by atoms with Gasteiger partial charge in [-0.3, -0.25) is 0 Å². The molecule has 0 aromatic heterocycles. The van der Waals surface area contributed by atoms with E-state index in [1.54, 1.807) is 0 Å². The van der Waals surface area contributed by atoms with Gasteiger partial charge < -0.3 is 9.47 Å². The number of rotatable bonds is 16. The van der Waals surface area contributed by atoms with Gasteiger partial charge in [-0.1, -0.05) is 38.2 Å². The van der Waals surface area contributed by atoms with Crippen molar-refractivity contribution in [3.63, 3.8) is 0 Å². The maximum atomic E-state index is 5.84. The first-order chi connectivity index (χ1) is 11.3. The van der Waals surface area contributed by atoms with Gasteiger partial charge in [-0.25, -0.2) is 0 Å². The minimum atomic E-state index is -0.136. The minimum Gasteiger partial charge on any atom is -0.353 e. The van der Waals surface area contributed by atoms with Crippen molar-refractivity contribution in [3.05, 3.63) is 24.3 Å². The third kappa shape index (κ3) is 17.2. The predicted octanol–water partition coefficient (Wildman–Crippen LogP) is 6.03. The number of hydrogen-bond donors (Lipinski definition) is 0. The zero-order valence-electron chi connectivity index (χ0n) is 15.3. The molecule has 0 heterocycles. The van der Waals surface area contributed by atoms with Crippen LogP contribution in [0.2, 0.25) is 0 Å². The summed E-state index contributed by atoms with van der Waals surface area (Å²) in [4.78, 5) is 0. The molecule has 0 N–H and O–H groups in total. The second-order valence-corrected chi connectivity index (χ2v) is 5.66. The van der Waals surface area contributed by atoms with E-state index in [9.17, 15) is 0 Å². The molecule has 0 aromatic carbocycles. The Hall–Kier alpha value is -1.04. The molecular weight excluding hydrogens is 284 g/mol. The van der Waals surface area contributed by atoms with Gasteiger partial charge in [-0.05, 0) is 51.4 Å². The Kier molecular flexibility index (Phi) is 18.1. The zero-order valence-corrected chi connectivity index (χ0v) is 15.3. The molecule has 2 heteroatoms. The Morgan fingerprint density at radius 2 is 1.35 bits per heavy atom. The van der Waals surface area contributed by atoms with Crippen molar-refractivity contribution in [1.82, 2.24) is 0 Å². The molecule has 0 aliphatic carbocycles. The van der Waals surface area contributed by atoms with Crippen molar-refractivity contribution in [1.29, 1.82) is 0 Å². The molecule has 0 saturated carbocycles. The molecule has 0 aliphatic rings. The molecule has 0 saturated heterocycles. The van der Waals surface area contributed by atoms with Crippen molar-refractivity contribution < 1.29 is 9.47 Å². The van der Waals surface area contributed by atoms with E-state index < -0.39 is 0 Å². The predicted molar refractivity (Wildman–Crippen MR) is 100 cm³/mol. The highest BCUT2D eigenvalue weighted by Crippen LogP contribution is 2.08. The molecule has 0 fully saturated rings. The van der Waals surface area contributed by atoms with Crippen molar-refractivity contribution in [3.8, 4) is 12.3 Å². The Bertz CT molecular complexity index is 301. The Labute approximate surface area is 144 Å². The Morgan fingerprint density at radius 3 is 1.78 bits per heavy atom. The average Bonchev–Trinajstić information content (AvgIpc) is 2.57. The van der Waals surface area contributed by atoms with Crippen LogP contribution >= 0.6 is 0 Å². The van der Waals surface area contributed by atoms with Gasteiger partial charge in [0.25, 0.3) is 0 Å². The molecule has 23 heavy (non-hydrogen) atoms. The van der Waals surface area contributed by atoms with Crippen LogP contribution in [0.4, 0.5) is 0 Å². The first kappa shape index (κ1) is 22.0. The summed E-state index contributed by atoms with van der Waals surface area (Å²) in [5, 5.41) is 0. The Balaban J connectivity index is 3.69. The van der Waals surface area contributed by atoms with Crippen LogP contribution in [0.5, 0.6) is 0 Å². The van der Waals surface area contributed by atoms with E-state index in [2.05, 4.69) is 44.1 Å². The first-order valence-electron chi connectivity index (χ1n) is 9.31. The van der Waals surface area contributed by atoms with Gasteiger partial charge in [-0.2, -0.15) is 0 Å². The van der Waals surface area contributed by atoms with Crippen LogP contribution < -0.4 is 0 Å². The van der Waals surface area contributed by atoms with E-state index in [-0.39, 0.29) is 6.29 Å². The van der Waals surface area contributed by atoms with Crippen LogP contribution in [-0.2, 0) is 9.47 Å². The second kappa shape index (κ2) is 19.0. The number of ether oxygens (including phenoxy) is 2. The van der Waals surface area contributed by atoms with Gasteiger partial charge in [0.2, 0.25) is 0 Å². The minimum absolute atomic E-state index is 0.136. The van der Waals surface area contributed by atoms with Crippen LogP contribution in [0.1, 0.15) is 78.1 Å². The maximum absolute atomic E-state index is 5.84. The number of terminal acetylenes is 1. The van der Waals surface area contributed by atoms with Crippen molar-refractivity contribution in [2.45, 2.75) is 84.3 Å². The van der Waals surface area contributed by atoms with Crippen molar-refractivity contribution in [2.24, 2.45) is 0 Å². The van der Waals surface area contributed by atoms with Gasteiger partial charge in [0.15, 0.2) is 6.29 Å². The van der Waals surface area contributed by atoms with E-state index in [4.69, 9.17) is 15.9 Å². The SMILES string of the molecule is C#CCCC(OCCCC/C=C\CC)OCCCC/C=C\CC. The van der Waals surface area contributed by atoms with Crippen molar-refractivity contribution >= 4 is 0 Å². The lowest BCUT2D eigenvalue weighted by Gasteiger charge is -2.17. The normalized spacial score (nSPS) is 11.7. The fourth-order valence-corrected chi connectivity index (χ4v) is 2.14. The third-order valence-corrected chi connectivity index (χ3v) is 3.47. The van der Waals surface area contributed by atoms with Gasteiger partial charge >= 0.3 is 0 Å². The molecule has 0 spiro atoms. The van der Waals surface area contributed by atoms with E-state index in [1.165, 1.54) is 12.8 Å². The van der Waals surface area contributed by atoms with Gasteiger partial charge in [0, 0.05) is 26.1 Å². The largest absolute Gasteiger partial charge is 0.353 e. The highest BCUT2D eigenvalue weighted by molar-refractivity contribution is 4.83. The molecule has 0 unspecified atom stereocenters. The van der Waals surface area contributed by atoms with Gasteiger partial charge in [0.05, 0.1) is 0 Å². The average molecular weight is 321 g/mol. The number of hydrogen-bond acceptors (Lipinski definition) is 2. The summed E-state index contributed by atoms with van der Waals surface area (Å²) in [6, 6.07) is 0. The lowest BCUT2D eigenvalue weighted by molar-refractivity contribution is -0.146. The van der Waals surface area contributed by atoms with Crippen LogP contribution in [0.15, 0.2) is 24.3 Å². The van der Waals surface area contributed by atoms with E-state index in [0.29, 0.717) is 6.42 Å². The summed E-state index contributed by atoms with van der Waals surface area (Å²) in [5.41, 5.74) is 0. The van der Waals surface area contributed by atoms with Gasteiger partial charge in [0.1, 0.15) is 0 Å². The number of unbranched alkanes of at least 4 members (excludes halogenated alkanes) is 4. The highest BCUT2D eigenvalue weighted by atomic mass is 16.7. The maximum Gasteiger partial charge on any atom is 0.158 e. The zero-order chi connectivity index (χ0) is 17.0. The molecule has 132 valence electrons.